The Labute approximate surface area is 106 Å². The van der Waals surface area contributed by atoms with Crippen LogP contribution < -0.4 is 11.1 Å². The second kappa shape index (κ2) is 7.67. The van der Waals surface area contributed by atoms with Crippen molar-refractivity contribution in [1.29, 1.82) is 0 Å². The third-order valence-corrected chi connectivity index (χ3v) is 3.07. The minimum Gasteiger partial charge on any atom is -0.368 e. The van der Waals surface area contributed by atoms with Crippen LogP contribution >= 0.6 is 0 Å². The monoisotopic (exact) mass is 243 g/mol. The van der Waals surface area contributed by atoms with Crippen molar-refractivity contribution in [3.8, 4) is 0 Å². The molecule has 0 spiro atoms. The van der Waals surface area contributed by atoms with E-state index in [1.807, 2.05) is 6.92 Å². The summed E-state index contributed by atoms with van der Waals surface area (Å²) in [5.74, 6) is -0.271. The summed E-state index contributed by atoms with van der Waals surface area (Å²) in [6.45, 7) is 12.9. The molecule has 0 heterocycles. The molecule has 0 aliphatic carbocycles. The molecular formula is C13H29N3O. The Hall–Kier alpha value is -0.610. The topological polar surface area (TPSA) is 58.4 Å². The average molecular weight is 243 g/mol. The van der Waals surface area contributed by atoms with Gasteiger partial charge >= 0.3 is 0 Å². The average Bonchev–Trinajstić information content (AvgIpc) is 2.25. The lowest BCUT2D eigenvalue weighted by Crippen LogP contribution is -2.60. The van der Waals surface area contributed by atoms with Crippen molar-refractivity contribution in [2.45, 2.75) is 59.0 Å². The minimum absolute atomic E-state index is 0.271. The van der Waals surface area contributed by atoms with Crippen LogP contribution in [0.15, 0.2) is 0 Å². The Morgan fingerprint density at radius 1 is 1.35 bits per heavy atom. The molecule has 1 unspecified atom stereocenters. The quantitative estimate of drug-likeness (QED) is 0.643. The molecule has 102 valence electrons. The first-order chi connectivity index (χ1) is 7.87. The fourth-order valence-corrected chi connectivity index (χ4v) is 1.84. The zero-order valence-electron chi connectivity index (χ0n) is 12.0. The summed E-state index contributed by atoms with van der Waals surface area (Å²) < 4.78 is 0. The van der Waals surface area contributed by atoms with Gasteiger partial charge in [0, 0.05) is 12.6 Å². The number of nitrogens with two attached hydrogens (primary N) is 1. The highest BCUT2D eigenvalue weighted by Crippen LogP contribution is 2.10. The molecule has 3 N–H and O–H groups in total. The fourth-order valence-electron chi connectivity index (χ4n) is 1.84. The van der Waals surface area contributed by atoms with Gasteiger partial charge in [-0.2, -0.15) is 0 Å². The molecule has 0 rings (SSSR count). The van der Waals surface area contributed by atoms with Crippen molar-refractivity contribution in [2.75, 3.05) is 19.6 Å². The summed E-state index contributed by atoms with van der Waals surface area (Å²) in [7, 11) is 0. The molecule has 0 bridgehead atoms. The van der Waals surface area contributed by atoms with E-state index in [0.717, 1.165) is 25.9 Å². The van der Waals surface area contributed by atoms with Gasteiger partial charge in [0.1, 0.15) is 5.54 Å². The maximum atomic E-state index is 11.6. The van der Waals surface area contributed by atoms with Crippen molar-refractivity contribution in [3.63, 3.8) is 0 Å². The zero-order chi connectivity index (χ0) is 13.5. The molecule has 0 fully saturated rings. The van der Waals surface area contributed by atoms with Gasteiger partial charge in [0.2, 0.25) is 5.91 Å². The molecule has 1 amide bonds. The number of primary amides is 1. The second-order valence-electron chi connectivity index (χ2n) is 5.19. The van der Waals surface area contributed by atoms with Gasteiger partial charge in [0.05, 0.1) is 0 Å². The largest absolute Gasteiger partial charge is 0.368 e. The van der Waals surface area contributed by atoms with E-state index in [1.54, 1.807) is 0 Å². The third-order valence-electron chi connectivity index (χ3n) is 3.07. The fraction of sp³-hybridized carbons (Fsp3) is 0.923. The van der Waals surface area contributed by atoms with Crippen LogP contribution in [0.2, 0.25) is 0 Å². The number of carbonyl (C=O) groups excluding carboxylic acids is 1. The Balaban J connectivity index is 4.64. The Morgan fingerprint density at radius 3 is 2.29 bits per heavy atom. The van der Waals surface area contributed by atoms with E-state index in [1.165, 1.54) is 0 Å². The molecule has 0 aromatic heterocycles. The summed E-state index contributed by atoms with van der Waals surface area (Å²) >= 11 is 0. The molecule has 0 aliphatic rings. The Kier molecular flexibility index (Phi) is 7.39. The number of carbonyl (C=O) groups is 1. The predicted molar refractivity (Wildman–Crippen MR) is 72.9 cm³/mol. The van der Waals surface area contributed by atoms with Crippen LogP contribution in [0.5, 0.6) is 0 Å². The van der Waals surface area contributed by atoms with Crippen LogP contribution in [0, 0.1) is 0 Å². The van der Waals surface area contributed by atoms with Gasteiger partial charge in [-0.25, -0.2) is 0 Å². The second-order valence-corrected chi connectivity index (χ2v) is 5.19. The maximum absolute atomic E-state index is 11.6. The number of nitrogens with zero attached hydrogens (tertiary/aromatic N) is 1. The van der Waals surface area contributed by atoms with Crippen molar-refractivity contribution in [2.24, 2.45) is 5.73 Å². The number of rotatable bonds is 9. The van der Waals surface area contributed by atoms with Gasteiger partial charge in [-0.05, 0) is 46.7 Å². The number of hydrogen-bond donors (Lipinski definition) is 2. The van der Waals surface area contributed by atoms with Crippen LogP contribution in [0.25, 0.3) is 0 Å². The van der Waals surface area contributed by atoms with E-state index in [2.05, 4.69) is 37.9 Å². The van der Waals surface area contributed by atoms with E-state index in [-0.39, 0.29) is 5.91 Å². The van der Waals surface area contributed by atoms with Crippen molar-refractivity contribution in [1.82, 2.24) is 10.2 Å². The molecule has 17 heavy (non-hydrogen) atoms. The molecule has 0 saturated carbocycles. The van der Waals surface area contributed by atoms with Gasteiger partial charge < -0.3 is 11.1 Å². The lowest BCUT2D eigenvalue weighted by Gasteiger charge is -2.36. The van der Waals surface area contributed by atoms with Gasteiger partial charge in [0.15, 0.2) is 0 Å². The molecule has 0 aromatic carbocycles. The van der Waals surface area contributed by atoms with E-state index in [4.69, 9.17) is 5.73 Å². The summed E-state index contributed by atoms with van der Waals surface area (Å²) in [6, 6.07) is 0.428. The molecule has 0 saturated heterocycles. The maximum Gasteiger partial charge on any atom is 0.238 e. The summed E-state index contributed by atoms with van der Waals surface area (Å²) in [5.41, 5.74) is 4.90. The first kappa shape index (κ1) is 16.4. The van der Waals surface area contributed by atoms with Crippen molar-refractivity contribution < 1.29 is 4.79 Å². The molecular weight excluding hydrogens is 214 g/mol. The van der Waals surface area contributed by atoms with Crippen LogP contribution in [0.1, 0.15) is 47.5 Å². The molecule has 4 nitrogen and oxygen atoms in total. The van der Waals surface area contributed by atoms with Gasteiger partial charge in [-0.1, -0.05) is 13.8 Å². The highest BCUT2D eigenvalue weighted by Gasteiger charge is 2.32. The summed E-state index contributed by atoms with van der Waals surface area (Å²) in [6.07, 6.45) is 2.08. The van der Waals surface area contributed by atoms with Crippen molar-refractivity contribution in [3.05, 3.63) is 0 Å². The van der Waals surface area contributed by atoms with Gasteiger partial charge in [0.25, 0.3) is 0 Å². The van der Waals surface area contributed by atoms with Gasteiger partial charge in [-0.3, -0.25) is 9.69 Å². The van der Waals surface area contributed by atoms with Crippen LogP contribution in [-0.2, 0) is 4.79 Å². The summed E-state index contributed by atoms with van der Waals surface area (Å²) in [4.78, 5) is 13.9. The highest BCUT2D eigenvalue weighted by atomic mass is 16.1. The summed E-state index contributed by atoms with van der Waals surface area (Å²) in [5, 5.41) is 3.27. The normalized spacial score (nSPS) is 15.2. The molecule has 0 aliphatic heterocycles. The first-order valence-corrected chi connectivity index (χ1v) is 6.66. The van der Waals surface area contributed by atoms with E-state index in [9.17, 15) is 4.79 Å². The zero-order valence-corrected chi connectivity index (χ0v) is 12.0. The smallest absolute Gasteiger partial charge is 0.238 e. The molecule has 0 radical (unpaired) electrons. The predicted octanol–water partition coefficient (Wildman–Crippen LogP) is 1.35. The van der Waals surface area contributed by atoms with E-state index >= 15 is 0 Å². The van der Waals surface area contributed by atoms with Crippen molar-refractivity contribution >= 4 is 5.91 Å². The molecule has 1 atom stereocenters. The number of hydrogen-bond acceptors (Lipinski definition) is 3. The van der Waals surface area contributed by atoms with Crippen LogP contribution in [0.4, 0.5) is 0 Å². The van der Waals surface area contributed by atoms with Gasteiger partial charge in [-0.15, -0.1) is 0 Å². The number of amides is 1. The Bertz CT molecular complexity index is 231. The first-order valence-electron chi connectivity index (χ1n) is 6.66. The molecule has 0 aromatic rings. The highest BCUT2D eigenvalue weighted by molar-refractivity contribution is 5.84. The Morgan fingerprint density at radius 2 is 1.94 bits per heavy atom. The molecule has 4 heteroatoms. The lowest BCUT2D eigenvalue weighted by atomic mass is 9.99. The van der Waals surface area contributed by atoms with E-state index < -0.39 is 5.54 Å². The standard InChI is InChI=1S/C13H29N3O/c1-6-8-15-13(5,12(14)17)10-16(9-7-2)11(3)4/h11,15H,6-10H2,1-5H3,(H2,14,17). The lowest BCUT2D eigenvalue weighted by molar-refractivity contribution is -0.124. The van der Waals surface area contributed by atoms with E-state index in [0.29, 0.717) is 12.6 Å². The van der Waals surface area contributed by atoms with Crippen LogP contribution in [-0.4, -0.2) is 42.0 Å². The SMILES string of the molecule is CCCNC(C)(CN(CCC)C(C)C)C(N)=O. The minimum atomic E-state index is -0.630. The van der Waals surface area contributed by atoms with Crippen LogP contribution in [0.3, 0.4) is 0 Å². The number of nitrogens with one attached hydrogen (secondary N) is 1. The third kappa shape index (κ3) is 5.50.